The van der Waals surface area contributed by atoms with E-state index in [0.29, 0.717) is 11.9 Å². The van der Waals surface area contributed by atoms with Gasteiger partial charge in [-0.3, -0.25) is 19.6 Å². The number of hydrogen-bond acceptors (Lipinski definition) is 4. The summed E-state index contributed by atoms with van der Waals surface area (Å²) < 4.78 is 16.4. The van der Waals surface area contributed by atoms with Gasteiger partial charge in [0.1, 0.15) is 11.9 Å². The number of rotatable bonds is 2. The molecule has 0 radical (unpaired) electrons. The molecule has 0 spiro atoms. The molecule has 1 atom stereocenters. The van der Waals surface area contributed by atoms with Crippen LogP contribution in [0.5, 0.6) is 0 Å². The molecule has 2 aromatic rings. The molecule has 25 heavy (non-hydrogen) atoms. The molecule has 6 nitrogen and oxygen atoms in total. The van der Waals surface area contributed by atoms with Crippen molar-refractivity contribution in [2.75, 3.05) is 13.1 Å². The van der Waals surface area contributed by atoms with Gasteiger partial charge in [-0.1, -0.05) is 0 Å². The van der Waals surface area contributed by atoms with Gasteiger partial charge in [0, 0.05) is 17.9 Å². The Balaban J connectivity index is 1.76. The number of piperidine rings is 2. The first kappa shape index (κ1) is 16.2. The average molecular weight is 344 g/mol. The first-order chi connectivity index (χ1) is 12.0. The third kappa shape index (κ3) is 2.82. The minimum Gasteiger partial charge on any atom is -0.317 e. The van der Waals surface area contributed by atoms with Crippen molar-refractivity contribution in [3.8, 4) is 0 Å². The van der Waals surface area contributed by atoms with Gasteiger partial charge in [0.05, 0.1) is 11.2 Å². The van der Waals surface area contributed by atoms with Crippen LogP contribution < -0.4 is 10.6 Å². The van der Waals surface area contributed by atoms with Crippen molar-refractivity contribution in [2.45, 2.75) is 44.6 Å². The van der Waals surface area contributed by atoms with Gasteiger partial charge in [-0.2, -0.15) is 5.10 Å². The molecule has 132 valence electrons. The molecule has 0 saturated carbocycles. The van der Waals surface area contributed by atoms with Crippen LogP contribution in [0, 0.1) is 12.7 Å². The molecule has 4 rings (SSSR count). The number of imide groups is 1. The van der Waals surface area contributed by atoms with E-state index in [4.69, 9.17) is 0 Å². The van der Waals surface area contributed by atoms with E-state index in [0.717, 1.165) is 42.6 Å². The number of nitrogens with one attached hydrogen (secondary N) is 2. The topological polar surface area (TPSA) is 76.0 Å². The molecule has 7 heteroatoms. The van der Waals surface area contributed by atoms with Crippen molar-refractivity contribution < 1.29 is 14.0 Å². The highest BCUT2D eigenvalue weighted by atomic mass is 19.1. The molecule has 0 bridgehead atoms. The number of halogens is 1. The monoisotopic (exact) mass is 344 g/mol. The Morgan fingerprint density at radius 1 is 1.20 bits per heavy atom. The van der Waals surface area contributed by atoms with Crippen LogP contribution in [-0.4, -0.2) is 34.7 Å². The lowest BCUT2D eigenvalue weighted by atomic mass is 9.89. The number of aromatic nitrogens is 2. The van der Waals surface area contributed by atoms with Gasteiger partial charge in [-0.05, 0) is 56.8 Å². The lowest BCUT2D eigenvalue weighted by molar-refractivity contribution is -0.135. The van der Waals surface area contributed by atoms with Gasteiger partial charge in [0.2, 0.25) is 5.91 Å². The van der Waals surface area contributed by atoms with Gasteiger partial charge in [-0.25, -0.2) is 4.39 Å². The zero-order valence-corrected chi connectivity index (χ0v) is 14.1. The molecule has 1 unspecified atom stereocenters. The Morgan fingerprint density at radius 2 is 1.96 bits per heavy atom. The minimum atomic E-state index is -0.571. The first-order valence-corrected chi connectivity index (χ1v) is 8.77. The van der Waals surface area contributed by atoms with Crippen molar-refractivity contribution in [1.82, 2.24) is 20.4 Å². The summed E-state index contributed by atoms with van der Waals surface area (Å²) in [7, 11) is 0. The standard InChI is InChI=1S/C18H21FN4O2/c1-10-12-8-13(11-4-6-20-7-5-11)14(19)9-16(12)23(22-10)15-2-3-17(24)21-18(15)25/h8-9,11,15,20H,2-7H2,1H3,(H,21,24,25). The quantitative estimate of drug-likeness (QED) is 0.816. The van der Waals surface area contributed by atoms with Crippen LogP contribution in [0.25, 0.3) is 10.9 Å². The molecule has 1 aromatic carbocycles. The summed E-state index contributed by atoms with van der Waals surface area (Å²) in [6, 6.07) is 2.82. The number of fused-ring (bicyclic) bond motifs is 1. The van der Waals surface area contributed by atoms with E-state index in [2.05, 4.69) is 15.7 Å². The van der Waals surface area contributed by atoms with E-state index < -0.39 is 6.04 Å². The second-order valence-electron chi connectivity index (χ2n) is 6.91. The van der Waals surface area contributed by atoms with Crippen LogP contribution in [0.4, 0.5) is 4.39 Å². The molecule has 3 heterocycles. The molecule has 0 aliphatic carbocycles. The van der Waals surface area contributed by atoms with Crippen LogP contribution in [0.15, 0.2) is 12.1 Å². The summed E-state index contributed by atoms with van der Waals surface area (Å²) in [5.41, 5.74) is 2.12. The molecule has 2 N–H and O–H groups in total. The maximum absolute atomic E-state index is 14.8. The molecule has 2 saturated heterocycles. The fourth-order valence-electron chi connectivity index (χ4n) is 3.93. The van der Waals surface area contributed by atoms with E-state index in [1.54, 1.807) is 4.68 Å². The summed E-state index contributed by atoms with van der Waals surface area (Å²) in [6.07, 6.45) is 2.50. The van der Waals surface area contributed by atoms with Gasteiger partial charge in [-0.15, -0.1) is 0 Å². The van der Waals surface area contributed by atoms with Crippen molar-refractivity contribution in [2.24, 2.45) is 0 Å². The highest BCUT2D eigenvalue weighted by Gasteiger charge is 2.31. The fourth-order valence-corrected chi connectivity index (χ4v) is 3.93. The van der Waals surface area contributed by atoms with Crippen LogP contribution in [0.3, 0.4) is 0 Å². The first-order valence-electron chi connectivity index (χ1n) is 8.77. The fraction of sp³-hybridized carbons (Fsp3) is 0.500. The number of aryl methyl sites for hydroxylation is 1. The van der Waals surface area contributed by atoms with Crippen molar-refractivity contribution in [1.29, 1.82) is 0 Å². The summed E-state index contributed by atoms with van der Waals surface area (Å²) in [6.45, 7) is 3.67. The average Bonchev–Trinajstić information content (AvgIpc) is 2.91. The van der Waals surface area contributed by atoms with E-state index in [9.17, 15) is 14.0 Å². The zero-order chi connectivity index (χ0) is 17.6. The van der Waals surface area contributed by atoms with Gasteiger partial charge in [0.25, 0.3) is 5.91 Å². The van der Waals surface area contributed by atoms with E-state index in [-0.39, 0.29) is 30.0 Å². The lowest BCUT2D eigenvalue weighted by Gasteiger charge is -2.24. The Bertz CT molecular complexity index is 854. The summed E-state index contributed by atoms with van der Waals surface area (Å²) in [5.74, 6) is -0.672. The molecule has 2 aliphatic rings. The number of benzene rings is 1. The van der Waals surface area contributed by atoms with Crippen LogP contribution in [-0.2, 0) is 9.59 Å². The zero-order valence-electron chi connectivity index (χ0n) is 14.1. The van der Waals surface area contributed by atoms with E-state index in [1.807, 2.05) is 13.0 Å². The maximum atomic E-state index is 14.8. The Morgan fingerprint density at radius 3 is 2.68 bits per heavy atom. The lowest BCUT2D eigenvalue weighted by Crippen LogP contribution is -2.42. The molecular weight excluding hydrogens is 323 g/mol. The Labute approximate surface area is 144 Å². The molecule has 2 aliphatic heterocycles. The third-order valence-electron chi connectivity index (χ3n) is 5.29. The highest BCUT2D eigenvalue weighted by molar-refractivity contribution is 6.00. The predicted octanol–water partition coefficient (Wildman–Crippen LogP) is 1.93. The maximum Gasteiger partial charge on any atom is 0.251 e. The number of amides is 2. The Kier molecular flexibility index (Phi) is 4.03. The Hall–Kier alpha value is -2.28. The van der Waals surface area contributed by atoms with Gasteiger partial charge in [0.15, 0.2) is 0 Å². The SMILES string of the molecule is Cc1nn(C2CCC(=O)NC2=O)c2cc(F)c(C3CCNCC3)cc12. The van der Waals surface area contributed by atoms with Crippen LogP contribution >= 0.6 is 0 Å². The minimum absolute atomic E-state index is 0.212. The van der Waals surface area contributed by atoms with Crippen LogP contribution in [0.1, 0.15) is 48.9 Å². The highest BCUT2D eigenvalue weighted by Crippen LogP contribution is 2.33. The predicted molar refractivity (Wildman–Crippen MR) is 90.7 cm³/mol. The van der Waals surface area contributed by atoms with E-state index >= 15 is 0 Å². The second-order valence-corrected chi connectivity index (χ2v) is 6.91. The molecule has 2 fully saturated rings. The third-order valence-corrected chi connectivity index (χ3v) is 5.29. The smallest absolute Gasteiger partial charge is 0.251 e. The number of hydrogen-bond donors (Lipinski definition) is 2. The number of nitrogens with zero attached hydrogens (tertiary/aromatic N) is 2. The summed E-state index contributed by atoms with van der Waals surface area (Å²) >= 11 is 0. The normalized spacial score (nSPS) is 22.4. The van der Waals surface area contributed by atoms with E-state index in [1.165, 1.54) is 6.07 Å². The summed E-state index contributed by atoms with van der Waals surface area (Å²) in [4.78, 5) is 23.5. The largest absolute Gasteiger partial charge is 0.317 e. The number of carbonyl (C=O) groups is 2. The van der Waals surface area contributed by atoms with Crippen molar-refractivity contribution in [3.05, 3.63) is 29.2 Å². The molecule has 1 aromatic heterocycles. The number of carbonyl (C=O) groups excluding carboxylic acids is 2. The van der Waals surface area contributed by atoms with Gasteiger partial charge < -0.3 is 5.32 Å². The van der Waals surface area contributed by atoms with Crippen LogP contribution in [0.2, 0.25) is 0 Å². The molecule has 2 amide bonds. The van der Waals surface area contributed by atoms with Crippen molar-refractivity contribution >= 4 is 22.7 Å². The van der Waals surface area contributed by atoms with Crippen molar-refractivity contribution in [3.63, 3.8) is 0 Å². The van der Waals surface area contributed by atoms with Gasteiger partial charge >= 0.3 is 0 Å². The molecular formula is C18H21FN4O2. The summed E-state index contributed by atoms with van der Waals surface area (Å²) in [5, 5.41) is 11.0. The second kappa shape index (κ2) is 6.22.